The number of likely N-dealkylation sites (tertiary alicyclic amines) is 1. The lowest BCUT2D eigenvalue weighted by molar-refractivity contribution is 0.0695. The number of hydrogen-bond donors (Lipinski definition) is 1. The smallest absolute Gasteiger partial charge is 0.257 e. The summed E-state index contributed by atoms with van der Waals surface area (Å²) in [4.78, 5) is 19.6. The van der Waals surface area contributed by atoms with E-state index in [1.165, 1.54) is 11.1 Å². The Morgan fingerprint density at radius 3 is 2.66 bits per heavy atom. The molecule has 0 radical (unpaired) electrons. The molecule has 7 heteroatoms. The van der Waals surface area contributed by atoms with Crippen molar-refractivity contribution in [3.05, 3.63) is 77.9 Å². The molecule has 0 bridgehead atoms. The van der Waals surface area contributed by atoms with Crippen LogP contribution in [0.5, 0.6) is 5.75 Å². The fourth-order valence-electron chi connectivity index (χ4n) is 4.71. The van der Waals surface area contributed by atoms with Gasteiger partial charge in [0.15, 0.2) is 0 Å². The average molecular weight is 430 g/mol. The Labute approximate surface area is 187 Å². The van der Waals surface area contributed by atoms with Gasteiger partial charge in [0.25, 0.3) is 5.91 Å². The third kappa shape index (κ3) is 3.86. The number of piperidine rings is 1. The van der Waals surface area contributed by atoms with Crippen molar-refractivity contribution in [2.24, 2.45) is 0 Å². The van der Waals surface area contributed by atoms with Crippen molar-refractivity contribution in [1.82, 2.24) is 24.6 Å². The zero-order valence-electron chi connectivity index (χ0n) is 18.2. The molecular formula is C25H27N5O2. The van der Waals surface area contributed by atoms with Crippen molar-refractivity contribution in [1.29, 1.82) is 0 Å². The number of aromatic nitrogens is 4. The zero-order valence-corrected chi connectivity index (χ0v) is 18.2. The fourth-order valence-corrected chi connectivity index (χ4v) is 4.71. The number of benzene rings is 2. The van der Waals surface area contributed by atoms with Crippen LogP contribution >= 0.6 is 0 Å². The number of hydrogen-bond acceptors (Lipinski definition) is 4. The van der Waals surface area contributed by atoms with Crippen LogP contribution in [0, 0.1) is 0 Å². The lowest BCUT2D eigenvalue weighted by atomic mass is 10.0. The zero-order chi connectivity index (χ0) is 21.9. The summed E-state index contributed by atoms with van der Waals surface area (Å²) in [6, 6.07) is 16.8. The maximum atomic E-state index is 12.7. The number of ether oxygens (including phenoxy) is 1. The van der Waals surface area contributed by atoms with E-state index in [0.29, 0.717) is 11.6 Å². The van der Waals surface area contributed by atoms with Crippen LogP contribution in [0.4, 0.5) is 0 Å². The van der Waals surface area contributed by atoms with Gasteiger partial charge in [-0.1, -0.05) is 30.3 Å². The van der Waals surface area contributed by atoms with E-state index in [2.05, 4.69) is 39.0 Å². The number of carbonyl (C=O) groups is 1. The second-order valence-electron chi connectivity index (χ2n) is 8.21. The van der Waals surface area contributed by atoms with E-state index in [-0.39, 0.29) is 5.91 Å². The molecule has 0 saturated carbocycles. The normalized spacial score (nSPS) is 14.7. The van der Waals surface area contributed by atoms with Crippen molar-refractivity contribution >= 4 is 16.9 Å². The van der Waals surface area contributed by atoms with Crippen LogP contribution in [0.1, 0.15) is 40.6 Å². The van der Waals surface area contributed by atoms with Crippen LogP contribution in [-0.4, -0.2) is 50.8 Å². The van der Waals surface area contributed by atoms with Gasteiger partial charge < -0.3 is 14.2 Å². The van der Waals surface area contributed by atoms with Crippen molar-refractivity contribution < 1.29 is 9.53 Å². The summed E-state index contributed by atoms with van der Waals surface area (Å²) in [5, 5.41) is 6.63. The lowest BCUT2D eigenvalue weighted by Gasteiger charge is -2.33. The summed E-state index contributed by atoms with van der Waals surface area (Å²) < 4.78 is 7.94. The maximum absolute atomic E-state index is 12.7. The molecule has 164 valence electrons. The van der Waals surface area contributed by atoms with E-state index >= 15 is 0 Å². The number of aromatic amines is 1. The number of fused-ring (bicyclic) bond motifs is 1. The molecule has 1 N–H and O–H groups in total. The van der Waals surface area contributed by atoms with Gasteiger partial charge in [-0.15, -0.1) is 0 Å². The quantitative estimate of drug-likeness (QED) is 0.502. The molecule has 5 rings (SSSR count). The van der Waals surface area contributed by atoms with Crippen molar-refractivity contribution in [2.75, 3.05) is 20.2 Å². The predicted octanol–water partition coefficient (Wildman–Crippen LogP) is 4.03. The highest BCUT2D eigenvalue weighted by molar-refractivity contribution is 5.93. The molecule has 3 heterocycles. The van der Waals surface area contributed by atoms with Crippen LogP contribution < -0.4 is 4.74 Å². The van der Waals surface area contributed by atoms with E-state index < -0.39 is 0 Å². The first-order valence-electron chi connectivity index (χ1n) is 11.1. The highest BCUT2D eigenvalue weighted by atomic mass is 16.5. The Morgan fingerprint density at radius 1 is 1.09 bits per heavy atom. The molecule has 1 aliphatic rings. The van der Waals surface area contributed by atoms with Gasteiger partial charge in [-0.3, -0.25) is 9.89 Å². The first-order chi connectivity index (χ1) is 15.7. The van der Waals surface area contributed by atoms with Crippen molar-refractivity contribution in [3.8, 4) is 5.75 Å². The summed E-state index contributed by atoms with van der Waals surface area (Å²) in [6.07, 6.45) is 6.77. The number of para-hydroxylation sites is 3. The SMILES string of the molecule is COc1ccccc1CCc1nc2ccccc2n1C1CCN(C(=O)c2cn[nH]c2)CC1. The summed E-state index contributed by atoms with van der Waals surface area (Å²) >= 11 is 0. The second-order valence-corrected chi connectivity index (χ2v) is 8.21. The average Bonchev–Trinajstić information content (AvgIpc) is 3.51. The van der Waals surface area contributed by atoms with Crippen LogP contribution in [0.25, 0.3) is 11.0 Å². The number of amides is 1. The summed E-state index contributed by atoms with van der Waals surface area (Å²) in [6.45, 7) is 1.46. The lowest BCUT2D eigenvalue weighted by Crippen LogP contribution is -2.39. The topological polar surface area (TPSA) is 76.0 Å². The van der Waals surface area contributed by atoms with Gasteiger partial charge in [0.2, 0.25) is 0 Å². The molecule has 0 aliphatic carbocycles. The molecule has 2 aromatic carbocycles. The monoisotopic (exact) mass is 429 g/mol. The molecule has 2 aromatic heterocycles. The Kier molecular flexibility index (Phi) is 5.62. The summed E-state index contributed by atoms with van der Waals surface area (Å²) in [5.74, 6) is 2.06. The molecule has 0 spiro atoms. The standard InChI is InChI=1S/C25H27N5O2/c1-32-23-9-5-2-6-18(23)10-11-24-28-21-7-3-4-8-22(21)30(24)20-12-14-29(15-13-20)25(31)19-16-26-27-17-19/h2-9,16-17,20H,10-15H2,1H3,(H,26,27). The number of methoxy groups -OCH3 is 1. The van der Waals surface area contributed by atoms with E-state index in [4.69, 9.17) is 9.72 Å². The minimum absolute atomic E-state index is 0.0454. The van der Waals surface area contributed by atoms with Gasteiger partial charge in [0, 0.05) is 31.7 Å². The molecule has 7 nitrogen and oxygen atoms in total. The molecular weight excluding hydrogens is 402 g/mol. The number of nitrogens with one attached hydrogen (secondary N) is 1. The van der Waals surface area contributed by atoms with Crippen molar-refractivity contribution in [3.63, 3.8) is 0 Å². The first kappa shape index (κ1) is 20.3. The van der Waals surface area contributed by atoms with Crippen LogP contribution in [-0.2, 0) is 12.8 Å². The molecule has 0 unspecified atom stereocenters. The number of imidazole rings is 1. The van der Waals surface area contributed by atoms with Gasteiger partial charge in [0.1, 0.15) is 11.6 Å². The highest BCUT2D eigenvalue weighted by Gasteiger charge is 2.27. The predicted molar refractivity (Wildman–Crippen MR) is 123 cm³/mol. The van der Waals surface area contributed by atoms with Crippen molar-refractivity contribution in [2.45, 2.75) is 31.7 Å². The van der Waals surface area contributed by atoms with E-state index in [0.717, 1.165) is 55.9 Å². The largest absolute Gasteiger partial charge is 0.496 e. The highest BCUT2D eigenvalue weighted by Crippen LogP contribution is 2.30. The minimum atomic E-state index is 0.0454. The number of nitrogens with zero attached hydrogens (tertiary/aromatic N) is 4. The molecule has 1 saturated heterocycles. The third-order valence-electron chi connectivity index (χ3n) is 6.34. The van der Waals surface area contributed by atoms with Crippen LogP contribution in [0.15, 0.2) is 60.9 Å². The van der Waals surface area contributed by atoms with E-state index in [1.54, 1.807) is 19.5 Å². The number of rotatable bonds is 6. The summed E-state index contributed by atoms with van der Waals surface area (Å²) in [5.41, 5.74) is 4.00. The van der Waals surface area contributed by atoms with Gasteiger partial charge >= 0.3 is 0 Å². The molecule has 1 aliphatic heterocycles. The van der Waals surface area contributed by atoms with Gasteiger partial charge in [-0.25, -0.2) is 4.98 Å². The Hall–Kier alpha value is -3.61. The van der Waals surface area contributed by atoms with Crippen LogP contribution in [0.2, 0.25) is 0 Å². The maximum Gasteiger partial charge on any atom is 0.257 e. The second kappa shape index (κ2) is 8.86. The van der Waals surface area contributed by atoms with Crippen LogP contribution in [0.3, 0.4) is 0 Å². The van der Waals surface area contributed by atoms with Gasteiger partial charge in [-0.2, -0.15) is 5.10 Å². The number of carbonyl (C=O) groups excluding carboxylic acids is 1. The Bertz CT molecular complexity index is 1210. The Balaban J connectivity index is 1.37. The van der Waals surface area contributed by atoms with E-state index in [9.17, 15) is 4.79 Å². The minimum Gasteiger partial charge on any atom is -0.496 e. The molecule has 4 aromatic rings. The molecule has 1 amide bonds. The molecule has 32 heavy (non-hydrogen) atoms. The Morgan fingerprint density at radius 2 is 1.88 bits per heavy atom. The first-order valence-corrected chi connectivity index (χ1v) is 11.1. The van der Waals surface area contributed by atoms with Gasteiger partial charge in [0.05, 0.1) is 29.9 Å². The third-order valence-corrected chi connectivity index (χ3v) is 6.34. The fraction of sp³-hybridized carbons (Fsp3) is 0.320. The summed E-state index contributed by atoms with van der Waals surface area (Å²) in [7, 11) is 1.71. The molecule has 1 fully saturated rings. The molecule has 0 atom stereocenters. The van der Waals surface area contributed by atoms with E-state index in [1.807, 2.05) is 29.2 Å². The number of aryl methyl sites for hydroxylation is 2. The number of H-pyrrole nitrogens is 1. The van der Waals surface area contributed by atoms with Gasteiger partial charge in [-0.05, 0) is 43.0 Å².